The minimum Gasteiger partial charge on any atom is -0.433 e. The quantitative estimate of drug-likeness (QED) is 0.356. The number of benzene rings is 2. The van der Waals surface area contributed by atoms with Gasteiger partial charge in [-0.1, -0.05) is 42.1 Å². The van der Waals surface area contributed by atoms with Crippen molar-refractivity contribution in [2.24, 2.45) is 0 Å². The average Bonchev–Trinajstić information content (AvgIpc) is 3.02. The van der Waals surface area contributed by atoms with Crippen LogP contribution in [0.5, 0.6) is 0 Å². The standard InChI is InChI=1S/C17H14N2O5S2/c1-12-18-16(26(22,23)15-5-3-2-4-6-15)17(24-12)25-11-13-7-9-14(10-8-13)19(20)21/h2-10H,11H2,1H3. The van der Waals surface area contributed by atoms with Gasteiger partial charge in [0.1, 0.15) is 0 Å². The van der Waals surface area contributed by atoms with Gasteiger partial charge < -0.3 is 4.42 Å². The third-order valence-corrected chi connectivity index (χ3v) is 6.32. The van der Waals surface area contributed by atoms with E-state index in [0.717, 1.165) is 5.56 Å². The molecule has 0 aliphatic rings. The molecule has 0 radical (unpaired) electrons. The van der Waals surface area contributed by atoms with Crippen molar-refractivity contribution in [3.8, 4) is 0 Å². The summed E-state index contributed by atoms with van der Waals surface area (Å²) in [4.78, 5) is 14.4. The molecule has 3 rings (SSSR count). The van der Waals surface area contributed by atoms with Crippen LogP contribution in [-0.2, 0) is 15.6 Å². The number of oxazole rings is 1. The lowest BCUT2D eigenvalue weighted by molar-refractivity contribution is -0.384. The fourth-order valence-corrected chi connectivity index (χ4v) is 4.82. The fraction of sp³-hybridized carbons (Fsp3) is 0.118. The fourth-order valence-electron chi connectivity index (χ4n) is 2.22. The molecular weight excluding hydrogens is 376 g/mol. The molecule has 2 aromatic carbocycles. The monoisotopic (exact) mass is 390 g/mol. The molecule has 0 N–H and O–H groups in total. The summed E-state index contributed by atoms with van der Waals surface area (Å²) in [7, 11) is -3.79. The molecule has 0 aliphatic heterocycles. The van der Waals surface area contributed by atoms with Crippen LogP contribution in [0.3, 0.4) is 0 Å². The SMILES string of the molecule is Cc1nc(S(=O)(=O)c2ccccc2)c(SCc2ccc([N+](=O)[O-])cc2)o1. The van der Waals surface area contributed by atoms with Crippen LogP contribution in [0.1, 0.15) is 11.5 Å². The van der Waals surface area contributed by atoms with Gasteiger partial charge in [-0.15, -0.1) is 0 Å². The van der Waals surface area contributed by atoms with E-state index in [1.165, 1.54) is 36.0 Å². The number of hydrogen-bond acceptors (Lipinski definition) is 7. The molecule has 9 heteroatoms. The van der Waals surface area contributed by atoms with Crippen molar-refractivity contribution in [2.75, 3.05) is 0 Å². The van der Waals surface area contributed by atoms with Gasteiger partial charge in [-0.2, -0.15) is 0 Å². The molecule has 0 aliphatic carbocycles. The maximum absolute atomic E-state index is 12.8. The Hall–Kier alpha value is -2.65. The zero-order chi connectivity index (χ0) is 18.7. The van der Waals surface area contributed by atoms with Crippen molar-refractivity contribution in [3.63, 3.8) is 0 Å². The van der Waals surface area contributed by atoms with E-state index >= 15 is 0 Å². The average molecular weight is 390 g/mol. The van der Waals surface area contributed by atoms with Crippen molar-refractivity contribution < 1.29 is 17.8 Å². The number of non-ortho nitro benzene ring substituents is 1. The summed E-state index contributed by atoms with van der Waals surface area (Å²) < 4.78 is 31.0. The summed E-state index contributed by atoms with van der Waals surface area (Å²) in [5.41, 5.74) is 0.805. The molecule has 1 aromatic heterocycles. The molecule has 0 bridgehead atoms. The van der Waals surface area contributed by atoms with Gasteiger partial charge in [0, 0.05) is 24.8 Å². The number of rotatable bonds is 6. The Morgan fingerprint density at radius 1 is 1.12 bits per heavy atom. The van der Waals surface area contributed by atoms with Crippen molar-refractivity contribution in [2.45, 2.75) is 27.7 Å². The van der Waals surface area contributed by atoms with E-state index in [9.17, 15) is 18.5 Å². The number of nitro groups is 1. The second-order valence-corrected chi connectivity index (χ2v) is 8.17. The van der Waals surface area contributed by atoms with Crippen LogP contribution in [0.15, 0.2) is 74.0 Å². The Morgan fingerprint density at radius 3 is 2.38 bits per heavy atom. The van der Waals surface area contributed by atoms with Crippen molar-refractivity contribution in [1.82, 2.24) is 4.98 Å². The first-order chi connectivity index (χ1) is 12.4. The number of nitro benzene ring substituents is 1. The van der Waals surface area contributed by atoms with Gasteiger partial charge in [-0.05, 0) is 17.7 Å². The normalized spacial score (nSPS) is 11.4. The topological polar surface area (TPSA) is 103 Å². The van der Waals surface area contributed by atoms with Gasteiger partial charge in [-0.25, -0.2) is 13.4 Å². The van der Waals surface area contributed by atoms with Crippen molar-refractivity contribution in [3.05, 3.63) is 76.2 Å². The van der Waals surface area contributed by atoms with E-state index in [1.807, 2.05) is 0 Å². The lowest BCUT2D eigenvalue weighted by Crippen LogP contribution is -2.03. The number of thioether (sulfide) groups is 1. The van der Waals surface area contributed by atoms with E-state index in [2.05, 4.69) is 4.98 Å². The molecule has 0 saturated heterocycles. The first-order valence-electron chi connectivity index (χ1n) is 7.51. The Balaban J connectivity index is 1.85. The number of aromatic nitrogens is 1. The lowest BCUT2D eigenvalue weighted by atomic mass is 10.2. The van der Waals surface area contributed by atoms with Gasteiger partial charge in [0.25, 0.3) is 5.69 Å². The lowest BCUT2D eigenvalue weighted by Gasteiger charge is -2.04. The van der Waals surface area contributed by atoms with Gasteiger partial charge >= 0.3 is 0 Å². The Bertz CT molecular complexity index is 1030. The molecule has 0 amide bonds. The van der Waals surface area contributed by atoms with Gasteiger partial charge in [-0.3, -0.25) is 10.1 Å². The third-order valence-electron chi connectivity index (χ3n) is 3.50. The zero-order valence-electron chi connectivity index (χ0n) is 13.7. The number of sulfone groups is 1. The molecule has 26 heavy (non-hydrogen) atoms. The maximum Gasteiger partial charge on any atom is 0.269 e. The molecule has 7 nitrogen and oxygen atoms in total. The van der Waals surface area contributed by atoms with Crippen LogP contribution in [0, 0.1) is 17.0 Å². The Labute approximate surface area is 154 Å². The highest BCUT2D eigenvalue weighted by Gasteiger charge is 2.27. The summed E-state index contributed by atoms with van der Waals surface area (Å²) in [6.07, 6.45) is 0. The molecule has 0 spiro atoms. The van der Waals surface area contributed by atoms with Crippen LogP contribution in [0.25, 0.3) is 0 Å². The summed E-state index contributed by atoms with van der Waals surface area (Å²) in [6.45, 7) is 1.58. The molecule has 0 unspecified atom stereocenters. The third kappa shape index (κ3) is 3.78. The highest BCUT2D eigenvalue weighted by atomic mass is 32.2. The van der Waals surface area contributed by atoms with Crippen LogP contribution < -0.4 is 0 Å². The molecular formula is C17H14N2O5S2. The first-order valence-corrected chi connectivity index (χ1v) is 9.98. The van der Waals surface area contributed by atoms with E-state index in [4.69, 9.17) is 4.42 Å². The van der Waals surface area contributed by atoms with Gasteiger partial charge in [0.15, 0.2) is 5.89 Å². The van der Waals surface area contributed by atoms with Crippen molar-refractivity contribution in [1.29, 1.82) is 0 Å². The minimum atomic E-state index is -3.79. The van der Waals surface area contributed by atoms with Crippen molar-refractivity contribution >= 4 is 27.3 Å². The number of aryl methyl sites for hydroxylation is 1. The molecule has 0 saturated carbocycles. The van der Waals surface area contributed by atoms with Crippen LogP contribution >= 0.6 is 11.8 Å². The summed E-state index contributed by atoms with van der Waals surface area (Å²) in [6, 6.07) is 14.1. The number of hydrogen-bond donors (Lipinski definition) is 0. The molecule has 1 heterocycles. The highest BCUT2D eigenvalue weighted by Crippen LogP contribution is 2.33. The summed E-state index contributed by atoms with van der Waals surface area (Å²) >= 11 is 1.18. The highest BCUT2D eigenvalue weighted by molar-refractivity contribution is 7.99. The predicted molar refractivity (Wildman–Crippen MR) is 95.8 cm³/mol. The smallest absolute Gasteiger partial charge is 0.269 e. The Kier molecular flexibility index (Phi) is 5.10. The summed E-state index contributed by atoms with van der Waals surface area (Å²) in [5.74, 6) is 0.648. The molecule has 0 fully saturated rings. The van der Waals surface area contributed by atoms with E-state index in [-0.39, 0.29) is 26.6 Å². The number of nitrogens with zero attached hydrogens (tertiary/aromatic N) is 2. The first kappa shape index (κ1) is 18.2. The molecule has 0 atom stereocenters. The van der Waals surface area contributed by atoms with Crippen LogP contribution in [-0.4, -0.2) is 18.3 Å². The second-order valence-electron chi connectivity index (χ2n) is 5.35. The predicted octanol–water partition coefficient (Wildman–Crippen LogP) is 4.02. The largest absolute Gasteiger partial charge is 0.433 e. The van der Waals surface area contributed by atoms with Crippen LogP contribution in [0.2, 0.25) is 0 Å². The molecule has 134 valence electrons. The minimum absolute atomic E-state index is 0.00149. The van der Waals surface area contributed by atoms with Gasteiger partial charge in [0.05, 0.1) is 9.82 Å². The second kappa shape index (κ2) is 7.30. The van der Waals surface area contributed by atoms with Gasteiger partial charge in [0.2, 0.25) is 20.0 Å². The summed E-state index contributed by atoms with van der Waals surface area (Å²) in [5, 5.41) is 10.8. The van der Waals surface area contributed by atoms with Crippen LogP contribution in [0.4, 0.5) is 5.69 Å². The van der Waals surface area contributed by atoms with E-state index in [1.54, 1.807) is 37.3 Å². The zero-order valence-corrected chi connectivity index (χ0v) is 15.3. The Morgan fingerprint density at radius 2 is 1.77 bits per heavy atom. The molecule has 3 aromatic rings. The van der Waals surface area contributed by atoms with E-state index in [0.29, 0.717) is 5.75 Å². The van der Waals surface area contributed by atoms with E-state index < -0.39 is 14.8 Å². The maximum atomic E-state index is 12.8.